The van der Waals surface area contributed by atoms with Crippen LogP contribution in [0.15, 0.2) is 36.5 Å². The molecule has 0 bridgehead atoms. The minimum atomic E-state index is -3.46. The van der Waals surface area contributed by atoms with Gasteiger partial charge in [-0.15, -0.1) is 0 Å². The first kappa shape index (κ1) is 22.3. The number of ether oxygens (including phenoxy) is 1. The molecule has 10 heteroatoms. The Morgan fingerprint density at radius 2 is 2.00 bits per heavy atom. The number of amides is 1. The van der Waals surface area contributed by atoms with Gasteiger partial charge in [0, 0.05) is 6.20 Å². The molecule has 0 aliphatic rings. The molecular weight excluding hydrogens is 400 g/mol. The van der Waals surface area contributed by atoms with Crippen LogP contribution in [-0.4, -0.2) is 55.0 Å². The number of rotatable bonds is 11. The van der Waals surface area contributed by atoms with E-state index in [0.29, 0.717) is 17.9 Å². The largest absolute Gasteiger partial charge is 0.497 e. The van der Waals surface area contributed by atoms with E-state index in [0.717, 1.165) is 11.4 Å². The summed E-state index contributed by atoms with van der Waals surface area (Å²) >= 11 is 1.56. The summed E-state index contributed by atoms with van der Waals surface area (Å²) in [4.78, 5) is 12.5. The molecule has 0 saturated carbocycles. The molecule has 0 aliphatic heterocycles. The van der Waals surface area contributed by atoms with Gasteiger partial charge in [-0.25, -0.2) is 17.8 Å². The fourth-order valence-electron chi connectivity index (χ4n) is 2.41. The second-order valence-corrected chi connectivity index (χ2v) is 9.05. The van der Waals surface area contributed by atoms with Crippen LogP contribution < -0.4 is 14.8 Å². The van der Waals surface area contributed by atoms with Crippen molar-refractivity contribution in [1.29, 1.82) is 0 Å². The highest BCUT2D eigenvalue weighted by molar-refractivity contribution is 7.98. The highest BCUT2D eigenvalue weighted by Crippen LogP contribution is 2.14. The molecular formula is C18H26N4O4S2. The predicted molar refractivity (Wildman–Crippen MR) is 111 cm³/mol. The summed E-state index contributed by atoms with van der Waals surface area (Å²) in [5.74, 6) is 1.01. The Kier molecular flexibility index (Phi) is 8.34. The average molecular weight is 427 g/mol. The van der Waals surface area contributed by atoms with Crippen LogP contribution in [0.5, 0.6) is 5.75 Å². The number of nitrogens with one attached hydrogen (secondary N) is 2. The molecule has 28 heavy (non-hydrogen) atoms. The van der Waals surface area contributed by atoms with Crippen molar-refractivity contribution in [3.63, 3.8) is 0 Å². The average Bonchev–Trinajstić information content (AvgIpc) is 3.18. The van der Waals surface area contributed by atoms with Gasteiger partial charge in [-0.05, 0) is 55.7 Å². The molecule has 0 fully saturated rings. The van der Waals surface area contributed by atoms with Crippen LogP contribution in [0.25, 0.3) is 5.69 Å². The van der Waals surface area contributed by atoms with E-state index < -0.39 is 16.1 Å². The number of carbonyl (C=O) groups excluding carboxylic acids is 1. The Morgan fingerprint density at radius 1 is 1.29 bits per heavy atom. The summed E-state index contributed by atoms with van der Waals surface area (Å²) in [6.45, 7) is 1.75. The molecule has 1 aromatic heterocycles. The van der Waals surface area contributed by atoms with E-state index in [4.69, 9.17) is 4.74 Å². The lowest BCUT2D eigenvalue weighted by Gasteiger charge is -2.17. The van der Waals surface area contributed by atoms with E-state index in [9.17, 15) is 13.2 Å². The monoisotopic (exact) mass is 426 g/mol. The van der Waals surface area contributed by atoms with Gasteiger partial charge in [0.15, 0.2) is 0 Å². The van der Waals surface area contributed by atoms with Crippen molar-refractivity contribution >= 4 is 27.7 Å². The molecule has 1 aromatic carbocycles. The first-order chi connectivity index (χ1) is 13.4. The van der Waals surface area contributed by atoms with E-state index >= 15 is 0 Å². The summed E-state index contributed by atoms with van der Waals surface area (Å²) in [5, 5.41) is 7.21. The maximum atomic E-state index is 12.5. The number of thioether (sulfide) groups is 1. The summed E-state index contributed by atoms with van der Waals surface area (Å²) in [6, 6.07) is 8.46. The van der Waals surface area contributed by atoms with Gasteiger partial charge in [0.25, 0.3) is 0 Å². The fourth-order valence-corrected chi connectivity index (χ4v) is 3.71. The van der Waals surface area contributed by atoms with Gasteiger partial charge in [-0.2, -0.15) is 16.9 Å². The summed E-state index contributed by atoms with van der Waals surface area (Å²) in [6.07, 6.45) is 4.13. The lowest BCUT2D eigenvalue weighted by atomic mass is 10.2. The molecule has 154 valence electrons. The van der Waals surface area contributed by atoms with Crippen molar-refractivity contribution in [3.8, 4) is 11.4 Å². The maximum absolute atomic E-state index is 12.5. The van der Waals surface area contributed by atoms with E-state index in [1.807, 2.05) is 30.5 Å². The van der Waals surface area contributed by atoms with Crippen LogP contribution in [0.2, 0.25) is 0 Å². The molecule has 1 atom stereocenters. The first-order valence-electron chi connectivity index (χ1n) is 8.84. The Morgan fingerprint density at radius 3 is 2.61 bits per heavy atom. The van der Waals surface area contributed by atoms with E-state index in [1.165, 1.54) is 6.92 Å². The first-order valence-corrected chi connectivity index (χ1v) is 11.9. The van der Waals surface area contributed by atoms with Gasteiger partial charge in [0.2, 0.25) is 15.9 Å². The van der Waals surface area contributed by atoms with Crippen molar-refractivity contribution in [2.24, 2.45) is 0 Å². The van der Waals surface area contributed by atoms with Crippen molar-refractivity contribution in [2.75, 3.05) is 24.9 Å². The third-order valence-corrected chi connectivity index (χ3v) is 6.10. The smallest absolute Gasteiger partial charge is 0.238 e. The standard InChI is InChI=1S/C18H26N4O4S2/c1-4-28(24,25)21-17(10-12-27-3)18(23)19-13-14-9-11-22(20-14)15-5-7-16(26-2)8-6-15/h5-9,11,17,21H,4,10,12-13H2,1-3H3,(H,19,23). The predicted octanol–water partition coefficient (Wildman–Crippen LogP) is 1.56. The Labute approximate surface area is 170 Å². The zero-order valence-corrected chi connectivity index (χ0v) is 17.8. The number of benzene rings is 1. The minimum Gasteiger partial charge on any atom is -0.497 e. The molecule has 1 amide bonds. The van der Waals surface area contributed by atoms with Crippen LogP contribution in [0.3, 0.4) is 0 Å². The zero-order valence-electron chi connectivity index (χ0n) is 16.2. The zero-order chi connectivity index (χ0) is 20.6. The molecule has 2 rings (SSSR count). The van der Waals surface area contributed by atoms with Crippen molar-refractivity contribution in [1.82, 2.24) is 19.8 Å². The topological polar surface area (TPSA) is 102 Å². The number of methoxy groups -OCH3 is 1. The number of hydrogen-bond donors (Lipinski definition) is 2. The third kappa shape index (κ3) is 6.54. The highest BCUT2D eigenvalue weighted by atomic mass is 32.2. The molecule has 0 spiro atoms. The summed E-state index contributed by atoms with van der Waals surface area (Å²) in [5.41, 5.74) is 1.54. The summed E-state index contributed by atoms with van der Waals surface area (Å²) in [7, 11) is -1.86. The molecule has 0 aliphatic carbocycles. The number of nitrogens with zero attached hydrogens (tertiary/aromatic N) is 2. The molecule has 2 aromatic rings. The van der Waals surface area contributed by atoms with Crippen LogP contribution in [0, 0.1) is 0 Å². The number of aromatic nitrogens is 2. The molecule has 1 heterocycles. The lowest BCUT2D eigenvalue weighted by Crippen LogP contribution is -2.47. The van der Waals surface area contributed by atoms with E-state index in [2.05, 4.69) is 15.1 Å². The molecule has 0 saturated heterocycles. The van der Waals surface area contributed by atoms with Crippen molar-refractivity contribution in [2.45, 2.75) is 25.9 Å². The van der Waals surface area contributed by atoms with Crippen molar-refractivity contribution < 1.29 is 17.9 Å². The Balaban J connectivity index is 1.99. The van der Waals surface area contributed by atoms with Gasteiger partial charge in [0.1, 0.15) is 11.8 Å². The fraction of sp³-hybridized carbons (Fsp3) is 0.444. The van der Waals surface area contributed by atoms with E-state index in [1.54, 1.807) is 35.8 Å². The quantitative estimate of drug-likeness (QED) is 0.565. The summed E-state index contributed by atoms with van der Waals surface area (Å²) < 4.78 is 33.0. The van der Waals surface area contributed by atoms with Gasteiger partial charge >= 0.3 is 0 Å². The van der Waals surface area contributed by atoms with Crippen LogP contribution in [-0.2, 0) is 21.4 Å². The lowest BCUT2D eigenvalue weighted by molar-refractivity contribution is -0.122. The Hall–Kier alpha value is -2.04. The molecule has 8 nitrogen and oxygen atoms in total. The van der Waals surface area contributed by atoms with Crippen LogP contribution in [0.4, 0.5) is 0 Å². The SMILES string of the molecule is CCS(=O)(=O)NC(CCSC)C(=O)NCc1ccn(-c2ccc(OC)cc2)n1. The molecule has 2 N–H and O–H groups in total. The van der Waals surface area contributed by atoms with E-state index in [-0.39, 0.29) is 18.2 Å². The minimum absolute atomic E-state index is 0.0671. The van der Waals surface area contributed by atoms with Crippen molar-refractivity contribution in [3.05, 3.63) is 42.2 Å². The van der Waals surface area contributed by atoms with Gasteiger partial charge in [-0.1, -0.05) is 0 Å². The van der Waals surface area contributed by atoms with Gasteiger partial charge in [0.05, 0.1) is 30.8 Å². The Bertz CT molecular complexity index is 866. The third-order valence-electron chi connectivity index (χ3n) is 4.05. The maximum Gasteiger partial charge on any atom is 0.238 e. The number of sulfonamides is 1. The second-order valence-electron chi connectivity index (χ2n) is 6.02. The normalized spacial score (nSPS) is 12.5. The van der Waals surface area contributed by atoms with Gasteiger partial charge < -0.3 is 10.1 Å². The second kappa shape index (κ2) is 10.5. The van der Waals surface area contributed by atoms with Crippen LogP contribution >= 0.6 is 11.8 Å². The molecule has 0 radical (unpaired) electrons. The van der Waals surface area contributed by atoms with Crippen LogP contribution in [0.1, 0.15) is 19.0 Å². The highest BCUT2D eigenvalue weighted by Gasteiger charge is 2.23. The number of carbonyl (C=O) groups is 1. The molecule has 1 unspecified atom stereocenters. The number of hydrogen-bond acceptors (Lipinski definition) is 6. The van der Waals surface area contributed by atoms with Gasteiger partial charge in [-0.3, -0.25) is 4.79 Å².